The van der Waals surface area contributed by atoms with Crippen molar-refractivity contribution < 1.29 is 22.7 Å². The van der Waals surface area contributed by atoms with E-state index in [0.717, 1.165) is 31.4 Å². The molecule has 1 aliphatic heterocycles. The predicted octanol–water partition coefficient (Wildman–Crippen LogP) is 2.76. The Hall–Kier alpha value is -0.860. The fourth-order valence-corrected chi connectivity index (χ4v) is 5.09. The van der Waals surface area contributed by atoms with Crippen LogP contribution in [0, 0.1) is 11.8 Å². The third-order valence-corrected chi connectivity index (χ3v) is 6.54. The number of likely N-dealkylation sites (tertiary alicyclic amines) is 1. The molecule has 1 aliphatic carbocycles. The van der Waals surface area contributed by atoms with E-state index in [1.165, 1.54) is 12.8 Å². The predicted molar refractivity (Wildman–Crippen MR) is 105 cm³/mol. The summed E-state index contributed by atoms with van der Waals surface area (Å²) in [5.41, 5.74) is 0. The molecule has 2 rings (SSSR count). The molecule has 0 aromatic heterocycles. The van der Waals surface area contributed by atoms with Gasteiger partial charge in [-0.15, -0.1) is 0 Å². The number of sulfonamides is 1. The van der Waals surface area contributed by atoms with Crippen LogP contribution in [-0.2, 0) is 19.5 Å². The summed E-state index contributed by atoms with van der Waals surface area (Å²) in [5, 5.41) is 0. The molecule has 0 spiro atoms. The second-order valence-corrected chi connectivity index (χ2v) is 9.99. The number of carbonyl (C=O) groups excluding carboxylic acids is 1. The van der Waals surface area contributed by atoms with Gasteiger partial charge >= 0.3 is 6.09 Å². The number of amides is 1. The van der Waals surface area contributed by atoms with E-state index in [9.17, 15) is 13.2 Å². The summed E-state index contributed by atoms with van der Waals surface area (Å²) < 4.78 is 37.6. The number of hydrogen-bond acceptors (Lipinski definition) is 5. The lowest BCUT2D eigenvalue weighted by Crippen LogP contribution is -2.59. The molecule has 1 N–H and O–H groups in total. The molecule has 0 aromatic rings. The van der Waals surface area contributed by atoms with Crippen LogP contribution in [0.25, 0.3) is 0 Å². The first kappa shape index (κ1) is 22.4. The zero-order chi connectivity index (χ0) is 20.0. The highest BCUT2D eigenvalue weighted by Crippen LogP contribution is 2.31. The Morgan fingerprint density at radius 1 is 1.19 bits per heavy atom. The SMILES string of the molecule is CCOC(=O)N1CCC[C@H](NS(C)(=O)=O)[C@@H]1COC1CCC(C(C)C)CC1. The number of piperidine rings is 1. The topological polar surface area (TPSA) is 84.9 Å². The molecule has 2 fully saturated rings. The van der Waals surface area contributed by atoms with Crippen LogP contribution in [0.3, 0.4) is 0 Å². The summed E-state index contributed by atoms with van der Waals surface area (Å²) in [5.74, 6) is 1.46. The summed E-state index contributed by atoms with van der Waals surface area (Å²) in [6.45, 7) is 7.51. The van der Waals surface area contributed by atoms with Crippen molar-refractivity contribution >= 4 is 16.1 Å². The Bertz CT molecular complexity index is 573. The molecule has 0 bridgehead atoms. The minimum Gasteiger partial charge on any atom is -0.450 e. The zero-order valence-corrected chi connectivity index (χ0v) is 18.0. The number of nitrogens with one attached hydrogen (secondary N) is 1. The summed E-state index contributed by atoms with van der Waals surface area (Å²) in [4.78, 5) is 14.0. The monoisotopic (exact) mass is 404 g/mol. The summed E-state index contributed by atoms with van der Waals surface area (Å²) in [6.07, 6.45) is 6.76. The zero-order valence-electron chi connectivity index (χ0n) is 17.1. The summed E-state index contributed by atoms with van der Waals surface area (Å²) in [7, 11) is -3.36. The number of ether oxygens (including phenoxy) is 2. The molecular weight excluding hydrogens is 368 g/mol. The van der Waals surface area contributed by atoms with E-state index < -0.39 is 16.1 Å². The maximum absolute atomic E-state index is 12.4. The van der Waals surface area contributed by atoms with Gasteiger partial charge in [-0.05, 0) is 57.3 Å². The van der Waals surface area contributed by atoms with Crippen LogP contribution in [0.4, 0.5) is 4.79 Å². The molecule has 0 aromatic carbocycles. The molecule has 0 unspecified atom stereocenters. The standard InChI is InChI=1S/C19H36N2O5S/c1-5-25-19(22)21-12-6-7-17(20-27(4,23)24)18(21)13-26-16-10-8-15(9-11-16)14(2)3/h14-18,20H,5-13H2,1-4H3/t15?,16?,17-,18-/m0/s1. The van der Waals surface area contributed by atoms with Crippen molar-refractivity contribution in [1.29, 1.82) is 0 Å². The molecule has 2 aliphatic rings. The van der Waals surface area contributed by atoms with E-state index in [4.69, 9.17) is 9.47 Å². The maximum Gasteiger partial charge on any atom is 0.410 e. The van der Waals surface area contributed by atoms with Gasteiger partial charge in [-0.2, -0.15) is 0 Å². The first-order valence-corrected chi connectivity index (χ1v) is 12.1. The lowest BCUT2D eigenvalue weighted by atomic mass is 9.80. The Morgan fingerprint density at radius 2 is 1.85 bits per heavy atom. The number of rotatable bonds is 7. The van der Waals surface area contributed by atoms with Gasteiger partial charge in [0.2, 0.25) is 10.0 Å². The van der Waals surface area contributed by atoms with Crippen LogP contribution in [0.5, 0.6) is 0 Å². The second-order valence-electron chi connectivity index (χ2n) is 8.21. The van der Waals surface area contributed by atoms with Gasteiger partial charge in [-0.25, -0.2) is 17.9 Å². The molecular formula is C19H36N2O5S. The van der Waals surface area contributed by atoms with E-state index in [2.05, 4.69) is 18.6 Å². The average molecular weight is 405 g/mol. The van der Waals surface area contributed by atoms with Gasteiger partial charge in [-0.1, -0.05) is 13.8 Å². The molecule has 0 radical (unpaired) electrons. The van der Waals surface area contributed by atoms with Crippen molar-refractivity contribution in [3.8, 4) is 0 Å². The third kappa shape index (κ3) is 6.91. The van der Waals surface area contributed by atoms with Gasteiger partial charge in [-0.3, -0.25) is 0 Å². The summed E-state index contributed by atoms with van der Waals surface area (Å²) in [6, 6.07) is -0.680. The Kier molecular flexibility index (Phi) is 8.37. The molecule has 158 valence electrons. The first-order valence-electron chi connectivity index (χ1n) is 10.2. The molecule has 1 saturated heterocycles. The van der Waals surface area contributed by atoms with Gasteiger partial charge in [0, 0.05) is 12.6 Å². The average Bonchev–Trinajstić information content (AvgIpc) is 2.59. The van der Waals surface area contributed by atoms with Gasteiger partial charge in [0.05, 0.1) is 31.6 Å². The van der Waals surface area contributed by atoms with Gasteiger partial charge in [0.15, 0.2) is 0 Å². The van der Waals surface area contributed by atoms with Crippen LogP contribution in [-0.4, -0.2) is 63.6 Å². The molecule has 7 nitrogen and oxygen atoms in total. The highest BCUT2D eigenvalue weighted by Gasteiger charge is 2.37. The smallest absolute Gasteiger partial charge is 0.410 e. The quantitative estimate of drug-likeness (QED) is 0.705. The number of nitrogens with zero attached hydrogens (tertiary/aromatic N) is 1. The number of hydrogen-bond donors (Lipinski definition) is 1. The Labute approximate surface area is 164 Å². The van der Waals surface area contributed by atoms with Crippen molar-refractivity contribution in [2.75, 3.05) is 26.0 Å². The van der Waals surface area contributed by atoms with E-state index in [1.54, 1.807) is 11.8 Å². The minimum atomic E-state index is -3.36. The second kappa shape index (κ2) is 10.1. The fourth-order valence-electron chi connectivity index (χ4n) is 4.27. The lowest BCUT2D eigenvalue weighted by Gasteiger charge is -2.41. The molecule has 1 saturated carbocycles. The van der Waals surface area contributed by atoms with Crippen molar-refractivity contribution in [2.24, 2.45) is 11.8 Å². The van der Waals surface area contributed by atoms with Crippen LogP contribution in [0.2, 0.25) is 0 Å². The van der Waals surface area contributed by atoms with Crippen molar-refractivity contribution in [3.63, 3.8) is 0 Å². The summed E-state index contributed by atoms with van der Waals surface area (Å²) >= 11 is 0. The normalized spacial score (nSPS) is 29.7. The Morgan fingerprint density at radius 3 is 2.41 bits per heavy atom. The third-order valence-electron chi connectivity index (χ3n) is 5.81. The fraction of sp³-hybridized carbons (Fsp3) is 0.947. The molecule has 2 atom stereocenters. The van der Waals surface area contributed by atoms with Gasteiger partial charge in [0.25, 0.3) is 0 Å². The van der Waals surface area contributed by atoms with Crippen LogP contribution < -0.4 is 4.72 Å². The Balaban J connectivity index is 2.00. The lowest BCUT2D eigenvalue weighted by molar-refractivity contribution is -0.0316. The molecule has 8 heteroatoms. The van der Waals surface area contributed by atoms with Crippen molar-refractivity contribution in [1.82, 2.24) is 9.62 Å². The molecule has 1 amide bonds. The highest BCUT2D eigenvalue weighted by atomic mass is 32.2. The maximum atomic E-state index is 12.4. The van der Waals surface area contributed by atoms with Gasteiger partial charge in [0.1, 0.15) is 0 Å². The van der Waals surface area contributed by atoms with Crippen molar-refractivity contribution in [3.05, 3.63) is 0 Å². The van der Waals surface area contributed by atoms with E-state index in [1.807, 2.05) is 0 Å². The van der Waals surface area contributed by atoms with E-state index >= 15 is 0 Å². The molecule has 27 heavy (non-hydrogen) atoms. The van der Waals surface area contributed by atoms with Crippen LogP contribution in [0.1, 0.15) is 59.3 Å². The molecule has 1 heterocycles. The largest absolute Gasteiger partial charge is 0.450 e. The van der Waals surface area contributed by atoms with Crippen molar-refractivity contribution in [2.45, 2.75) is 77.5 Å². The van der Waals surface area contributed by atoms with Crippen LogP contribution >= 0.6 is 0 Å². The van der Waals surface area contributed by atoms with Crippen LogP contribution in [0.15, 0.2) is 0 Å². The minimum absolute atomic E-state index is 0.185. The first-order chi connectivity index (χ1) is 12.7. The van der Waals surface area contributed by atoms with Gasteiger partial charge < -0.3 is 14.4 Å². The van der Waals surface area contributed by atoms with E-state index in [-0.39, 0.29) is 18.2 Å². The number of carbonyl (C=O) groups is 1. The van der Waals surface area contributed by atoms with E-state index in [0.29, 0.717) is 32.1 Å². The highest BCUT2D eigenvalue weighted by molar-refractivity contribution is 7.88.